The van der Waals surface area contributed by atoms with Gasteiger partial charge in [0, 0.05) is 5.56 Å². The number of amides is 1. The fourth-order valence-electron chi connectivity index (χ4n) is 3.40. The molecular formula is C29H25FN2O4. The first kappa shape index (κ1) is 24.5. The van der Waals surface area contributed by atoms with Crippen molar-refractivity contribution in [3.8, 4) is 17.2 Å². The molecule has 0 aromatic heterocycles. The van der Waals surface area contributed by atoms with Crippen molar-refractivity contribution >= 4 is 12.1 Å². The zero-order valence-corrected chi connectivity index (χ0v) is 19.7. The van der Waals surface area contributed by atoms with Crippen LogP contribution >= 0.6 is 0 Å². The Labute approximate surface area is 209 Å². The molecule has 0 aliphatic rings. The Hall–Kier alpha value is -4.65. The molecule has 0 atom stereocenters. The predicted octanol–water partition coefficient (Wildman–Crippen LogP) is 5.76. The third-order valence-electron chi connectivity index (χ3n) is 5.28. The summed E-state index contributed by atoms with van der Waals surface area (Å²) in [5, 5.41) is 4.06. The van der Waals surface area contributed by atoms with Crippen molar-refractivity contribution in [1.29, 1.82) is 0 Å². The Kier molecular flexibility index (Phi) is 8.27. The number of methoxy groups -OCH3 is 1. The Morgan fingerprint density at radius 2 is 1.56 bits per heavy atom. The third kappa shape index (κ3) is 6.48. The molecule has 4 aromatic carbocycles. The van der Waals surface area contributed by atoms with Gasteiger partial charge in [-0.25, -0.2) is 9.82 Å². The van der Waals surface area contributed by atoms with E-state index in [9.17, 15) is 9.18 Å². The van der Waals surface area contributed by atoms with E-state index in [1.54, 1.807) is 54.6 Å². The zero-order valence-electron chi connectivity index (χ0n) is 19.7. The third-order valence-corrected chi connectivity index (χ3v) is 5.28. The summed E-state index contributed by atoms with van der Waals surface area (Å²) in [6.07, 6.45) is 1.49. The predicted molar refractivity (Wildman–Crippen MR) is 136 cm³/mol. The minimum Gasteiger partial charge on any atom is -0.493 e. The highest BCUT2D eigenvalue weighted by atomic mass is 19.1. The molecule has 0 radical (unpaired) electrons. The lowest BCUT2D eigenvalue weighted by Gasteiger charge is -2.12. The summed E-state index contributed by atoms with van der Waals surface area (Å²) in [5.74, 6) is 0.662. The SMILES string of the molecule is COc1cc(/C=N/NC(=O)c2ccccc2OCc2ccccc2)ccc1OCc1ccccc1F. The maximum atomic E-state index is 13.8. The molecule has 4 rings (SSSR count). The molecule has 1 N–H and O–H groups in total. The second kappa shape index (κ2) is 12.2. The average molecular weight is 485 g/mol. The minimum atomic E-state index is -0.397. The van der Waals surface area contributed by atoms with Crippen molar-refractivity contribution in [1.82, 2.24) is 5.43 Å². The summed E-state index contributed by atoms with van der Waals surface area (Å²) in [6.45, 7) is 0.414. The molecule has 7 heteroatoms. The maximum absolute atomic E-state index is 13.8. The van der Waals surface area contributed by atoms with E-state index in [2.05, 4.69) is 10.5 Å². The summed E-state index contributed by atoms with van der Waals surface area (Å²) >= 11 is 0. The number of nitrogens with zero attached hydrogens (tertiary/aromatic N) is 1. The fourth-order valence-corrected chi connectivity index (χ4v) is 3.40. The number of carbonyl (C=O) groups is 1. The summed E-state index contributed by atoms with van der Waals surface area (Å²) in [6, 6.07) is 28.3. The second-order valence-corrected chi connectivity index (χ2v) is 7.76. The summed E-state index contributed by atoms with van der Waals surface area (Å²) < 4.78 is 30.8. The highest BCUT2D eigenvalue weighted by Gasteiger charge is 2.12. The Bertz CT molecular complexity index is 1340. The molecule has 0 aliphatic heterocycles. The van der Waals surface area contributed by atoms with Crippen LogP contribution in [-0.4, -0.2) is 19.2 Å². The number of halogens is 1. The van der Waals surface area contributed by atoms with Gasteiger partial charge >= 0.3 is 0 Å². The van der Waals surface area contributed by atoms with Crippen molar-refractivity contribution in [3.63, 3.8) is 0 Å². The van der Waals surface area contributed by atoms with E-state index in [-0.39, 0.29) is 12.4 Å². The van der Waals surface area contributed by atoms with Gasteiger partial charge in [0.25, 0.3) is 5.91 Å². The van der Waals surface area contributed by atoms with Gasteiger partial charge in [-0.15, -0.1) is 0 Å². The van der Waals surface area contributed by atoms with Crippen molar-refractivity contribution in [2.24, 2.45) is 5.10 Å². The van der Waals surface area contributed by atoms with Gasteiger partial charge < -0.3 is 14.2 Å². The molecule has 4 aromatic rings. The molecule has 182 valence electrons. The second-order valence-electron chi connectivity index (χ2n) is 7.76. The van der Waals surface area contributed by atoms with Crippen LogP contribution in [0.3, 0.4) is 0 Å². The smallest absolute Gasteiger partial charge is 0.275 e. The number of para-hydroxylation sites is 1. The average Bonchev–Trinajstić information content (AvgIpc) is 2.92. The van der Waals surface area contributed by atoms with Crippen LogP contribution in [0.4, 0.5) is 4.39 Å². The van der Waals surface area contributed by atoms with Crippen LogP contribution in [0.15, 0.2) is 102 Å². The van der Waals surface area contributed by atoms with Crippen molar-refractivity contribution < 1.29 is 23.4 Å². The number of hydrazone groups is 1. The molecule has 0 bridgehead atoms. The number of hydrogen-bond acceptors (Lipinski definition) is 5. The number of ether oxygens (including phenoxy) is 3. The minimum absolute atomic E-state index is 0.0677. The number of nitrogens with one attached hydrogen (secondary N) is 1. The van der Waals surface area contributed by atoms with Gasteiger partial charge in [0.2, 0.25) is 0 Å². The highest BCUT2D eigenvalue weighted by Crippen LogP contribution is 2.28. The van der Waals surface area contributed by atoms with E-state index in [4.69, 9.17) is 14.2 Å². The number of carbonyl (C=O) groups excluding carboxylic acids is 1. The number of benzene rings is 4. The molecule has 6 nitrogen and oxygen atoms in total. The first-order chi connectivity index (χ1) is 17.6. The highest BCUT2D eigenvalue weighted by molar-refractivity contribution is 5.97. The maximum Gasteiger partial charge on any atom is 0.275 e. The molecule has 0 saturated heterocycles. The van der Waals surface area contributed by atoms with Gasteiger partial charge in [0.15, 0.2) is 11.5 Å². The molecule has 0 spiro atoms. The van der Waals surface area contributed by atoms with Crippen LogP contribution in [0.5, 0.6) is 17.2 Å². The lowest BCUT2D eigenvalue weighted by atomic mass is 10.2. The summed E-state index contributed by atoms with van der Waals surface area (Å²) in [4.78, 5) is 12.7. The monoisotopic (exact) mass is 484 g/mol. The number of hydrogen-bond donors (Lipinski definition) is 1. The molecule has 0 fully saturated rings. The van der Waals surface area contributed by atoms with Gasteiger partial charge in [-0.1, -0.05) is 60.7 Å². The molecule has 0 heterocycles. The van der Waals surface area contributed by atoms with Crippen LogP contribution in [-0.2, 0) is 13.2 Å². The van der Waals surface area contributed by atoms with Gasteiger partial charge in [0.05, 0.1) is 18.9 Å². The van der Waals surface area contributed by atoms with E-state index in [0.717, 1.165) is 5.56 Å². The Balaban J connectivity index is 1.37. The van der Waals surface area contributed by atoms with E-state index in [1.807, 2.05) is 36.4 Å². The molecule has 0 aliphatic carbocycles. The summed E-state index contributed by atoms with van der Waals surface area (Å²) in [5.41, 5.74) is 5.03. The van der Waals surface area contributed by atoms with E-state index < -0.39 is 5.91 Å². The van der Waals surface area contributed by atoms with E-state index in [1.165, 1.54) is 19.4 Å². The topological polar surface area (TPSA) is 69.2 Å². The standard InChI is InChI=1S/C29H25FN2O4/c1-34-28-17-22(15-16-27(28)36-20-23-11-5-7-13-25(23)30)18-31-32-29(33)24-12-6-8-14-26(24)35-19-21-9-3-2-4-10-21/h2-18H,19-20H2,1H3,(H,32,33)/b31-18+. The van der Waals surface area contributed by atoms with Crippen LogP contribution in [0, 0.1) is 5.82 Å². The largest absolute Gasteiger partial charge is 0.493 e. The van der Waals surface area contributed by atoms with Crippen LogP contribution in [0.25, 0.3) is 0 Å². The van der Waals surface area contributed by atoms with E-state index in [0.29, 0.717) is 40.5 Å². The number of rotatable bonds is 10. The molecule has 1 amide bonds. The Morgan fingerprint density at radius 3 is 2.36 bits per heavy atom. The Morgan fingerprint density at radius 1 is 0.833 bits per heavy atom. The first-order valence-corrected chi connectivity index (χ1v) is 11.3. The molecule has 0 unspecified atom stereocenters. The van der Waals surface area contributed by atoms with Crippen LogP contribution in [0.2, 0.25) is 0 Å². The zero-order chi connectivity index (χ0) is 25.2. The van der Waals surface area contributed by atoms with Gasteiger partial charge in [0.1, 0.15) is 24.8 Å². The quantitative estimate of drug-likeness (QED) is 0.230. The van der Waals surface area contributed by atoms with Crippen molar-refractivity contribution in [2.75, 3.05) is 7.11 Å². The van der Waals surface area contributed by atoms with Crippen LogP contribution in [0.1, 0.15) is 27.0 Å². The van der Waals surface area contributed by atoms with Crippen molar-refractivity contribution in [3.05, 3.63) is 125 Å². The van der Waals surface area contributed by atoms with Gasteiger partial charge in [-0.3, -0.25) is 4.79 Å². The molecular weight excluding hydrogens is 459 g/mol. The normalized spacial score (nSPS) is 10.7. The van der Waals surface area contributed by atoms with Crippen molar-refractivity contribution in [2.45, 2.75) is 13.2 Å². The van der Waals surface area contributed by atoms with E-state index >= 15 is 0 Å². The first-order valence-electron chi connectivity index (χ1n) is 11.3. The lowest BCUT2D eigenvalue weighted by molar-refractivity contribution is 0.0950. The summed E-state index contributed by atoms with van der Waals surface area (Å²) in [7, 11) is 1.51. The lowest BCUT2D eigenvalue weighted by Crippen LogP contribution is -2.18. The van der Waals surface area contributed by atoms with Gasteiger partial charge in [-0.2, -0.15) is 5.10 Å². The van der Waals surface area contributed by atoms with Crippen LogP contribution < -0.4 is 19.6 Å². The fraction of sp³-hybridized carbons (Fsp3) is 0.103. The molecule has 36 heavy (non-hydrogen) atoms. The molecule has 0 saturated carbocycles. The van der Waals surface area contributed by atoms with Gasteiger partial charge in [-0.05, 0) is 47.5 Å².